The Kier molecular flexibility index (Phi) is 5.87. The molecule has 1 N–H and O–H groups in total. The predicted octanol–water partition coefficient (Wildman–Crippen LogP) is 2.46. The smallest absolute Gasteiger partial charge is 0.246 e. The normalized spacial score (nSPS) is 22.3. The Morgan fingerprint density at radius 1 is 1.19 bits per heavy atom. The summed E-state index contributed by atoms with van der Waals surface area (Å²) < 4.78 is 33.0. The first-order chi connectivity index (χ1) is 12.4. The maximum Gasteiger partial charge on any atom is 0.246 e. The Hall–Kier alpha value is -1.60. The zero-order valence-corrected chi connectivity index (χ0v) is 16.3. The van der Waals surface area contributed by atoms with Crippen LogP contribution in [-0.4, -0.2) is 44.9 Å². The van der Waals surface area contributed by atoms with Crippen molar-refractivity contribution in [3.05, 3.63) is 23.8 Å². The molecule has 1 saturated carbocycles. The fourth-order valence-corrected chi connectivity index (χ4v) is 5.65. The molecule has 3 rings (SSSR count). The molecule has 1 heterocycles. The number of hydrogen-bond donors (Lipinski definition) is 1. The number of piperidine rings is 1. The fourth-order valence-electron chi connectivity index (χ4n) is 3.89. The summed E-state index contributed by atoms with van der Waals surface area (Å²) in [4.78, 5) is 12.8. The van der Waals surface area contributed by atoms with E-state index in [-0.39, 0.29) is 29.3 Å². The molecule has 1 atom stereocenters. The van der Waals surface area contributed by atoms with E-state index in [2.05, 4.69) is 5.32 Å². The Labute approximate surface area is 156 Å². The molecule has 0 radical (unpaired) electrons. The molecule has 144 valence electrons. The van der Waals surface area contributed by atoms with E-state index in [1.807, 2.05) is 13.0 Å². The molecule has 1 aliphatic heterocycles. The number of amides is 1. The molecule has 7 heteroatoms. The van der Waals surface area contributed by atoms with Gasteiger partial charge in [0.1, 0.15) is 10.6 Å². The summed E-state index contributed by atoms with van der Waals surface area (Å²) in [7, 11) is -2.22. The van der Waals surface area contributed by atoms with E-state index in [0.717, 1.165) is 37.7 Å². The van der Waals surface area contributed by atoms with Gasteiger partial charge in [-0.2, -0.15) is 4.31 Å². The minimum absolute atomic E-state index is 0.00647. The summed E-state index contributed by atoms with van der Waals surface area (Å²) in [5.41, 5.74) is 0.858. The van der Waals surface area contributed by atoms with Crippen LogP contribution in [0.1, 0.15) is 44.1 Å². The Bertz CT molecular complexity index is 757. The highest BCUT2D eigenvalue weighted by molar-refractivity contribution is 7.89. The topological polar surface area (TPSA) is 75.7 Å². The lowest BCUT2D eigenvalue weighted by molar-refractivity contribution is -0.126. The highest BCUT2D eigenvalue weighted by Gasteiger charge is 2.35. The van der Waals surface area contributed by atoms with E-state index in [9.17, 15) is 13.2 Å². The third-order valence-electron chi connectivity index (χ3n) is 5.39. The summed E-state index contributed by atoms with van der Waals surface area (Å²) in [6, 6.07) is 5.39. The number of nitrogens with one attached hydrogen (secondary N) is 1. The molecule has 1 aromatic carbocycles. The molecule has 1 aromatic rings. The number of rotatable bonds is 5. The molecule has 0 bridgehead atoms. The Balaban J connectivity index is 1.76. The SMILES string of the molecule is COc1ccc(C)cc1S(=O)(=O)N1CCC[C@H](C(=O)NC2CCCC2)C1. The van der Waals surface area contributed by atoms with Crippen LogP contribution < -0.4 is 10.1 Å². The number of aryl methyl sites for hydroxylation is 1. The molecule has 1 saturated heterocycles. The van der Waals surface area contributed by atoms with Crippen LogP contribution in [0.4, 0.5) is 0 Å². The maximum atomic E-state index is 13.1. The minimum atomic E-state index is -3.69. The van der Waals surface area contributed by atoms with Crippen LogP contribution in [0.2, 0.25) is 0 Å². The van der Waals surface area contributed by atoms with Crippen molar-refractivity contribution in [1.82, 2.24) is 9.62 Å². The second-order valence-electron chi connectivity index (χ2n) is 7.35. The van der Waals surface area contributed by atoms with Crippen LogP contribution in [0.5, 0.6) is 5.75 Å². The van der Waals surface area contributed by atoms with Gasteiger partial charge in [-0.1, -0.05) is 18.9 Å². The summed E-state index contributed by atoms with van der Waals surface area (Å²) in [6.45, 7) is 2.52. The van der Waals surface area contributed by atoms with Crippen molar-refractivity contribution >= 4 is 15.9 Å². The highest BCUT2D eigenvalue weighted by atomic mass is 32.2. The van der Waals surface area contributed by atoms with Crippen molar-refractivity contribution in [1.29, 1.82) is 0 Å². The highest BCUT2D eigenvalue weighted by Crippen LogP contribution is 2.31. The molecule has 1 aliphatic carbocycles. The van der Waals surface area contributed by atoms with E-state index < -0.39 is 10.0 Å². The minimum Gasteiger partial charge on any atom is -0.495 e. The standard InChI is InChI=1S/C19H28N2O4S/c1-14-9-10-17(25-2)18(12-14)26(23,24)21-11-5-6-15(13-21)19(22)20-16-7-3-4-8-16/h9-10,12,15-16H,3-8,11,13H2,1-2H3,(H,20,22)/t15-/m0/s1. The molecule has 0 aromatic heterocycles. The molecule has 0 spiro atoms. The summed E-state index contributed by atoms with van der Waals surface area (Å²) in [5, 5.41) is 3.11. The maximum absolute atomic E-state index is 13.1. The Morgan fingerprint density at radius 2 is 1.92 bits per heavy atom. The molecule has 1 amide bonds. The first-order valence-corrected chi connectivity index (χ1v) is 10.8. The number of carbonyl (C=O) groups is 1. The third-order valence-corrected chi connectivity index (χ3v) is 7.28. The monoisotopic (exact) mass is 380 g/mol. The number of hydrogen-bond acceptors (Lipinski definition) is 4. The molecule has 26 heavy (non-hydrogen) atoms. The van der Waals surface area contributed by atoms with Gasteiger partial charge in [-0.15, -0.1) is 0 Å². The number of methoxy groups -OCH3 is 1. The summed E-state index contributed by atoms with van der Waals surface area (Å²) in [5.74, 6) is 0.0519. The van der Waals surface area contributed by atoms with E-state index >= 15 is 0 Å². The van der Waals surface area contributed by atoms with Crippen molar-refractivity contribution in [3.63, 3.8) is 0 Å². The van der Waals surface area contributed by atoms with E-state index in [0.29, 0.717) is 18.7 Å². The average Bonchev–Trinajstić information content (AvgIpc) is 3.14. The van der Waals surface area contributed by atoms with Crippen molar-refractivity contribution in [2.24, 2.45) is 5.92 Å². The van der Waals surface area contributed by atoms with Crippen LogP contribution in [0.3, 0.4) is 0 Å². The van der Waals surface area contributed by atoms with Gasteiger partial charge in [0, 0.05) is 19.1 Å². The molecule has 0 unspecified atom stereocenters. The third kappa shape index (κ3) is 4.04. The van der Waals surface area contributed by atoms with Gasteiger partial charge in [-0.25, -0.2) is 8.42 Å². The number of nitrogens with zero attached hydrogens (tertiary/aromatic N) is 1. The van der Waals surface area contributed by atoms with E-state index in [1.165, 1.54) is 11.4 Å². The van der Waals surface area contributed by atoms with Gasteiger partial charge >= 0.3 is 0 Å². The van der Waals surface area contributed by atoms with Crippen LogP contribution in [0.25, 0.3) is 0 Å². The van der Waals surface area contributed by atoms with E-state index in [4.69, 9.17) is 4.74 Å². The van der Waals surface area contributed by atoms with Crippen molar-refractivity contribution in [3.8, 4) is 5.75 Å². The fraction of sp³-hybridized carbons (Fsp3) is 0.632. The van der Waals surface area contributed by atoms with Crippen LogP contribution in [0, 0.1) is 12.8 Å². The zero-order chi connectivity index (χ0) is 18.7. The van der Waals surface area contributed by atoms with Gasteiger partial charge in [0.2, 0.25) is 15.9 Å². The van der Waals surface area contributed by atoms with Crippen molar-refractivity contribution < 1.29 is 17.9 Å². The second-order valence-corrected chi connectivity index (χ2v) is 9.25. The molecular formula is C19H28N2O4S. The van der Waals surface area contributed by atoms with Gasteiger partial charge in [0.05, 0.1) is 13.0 Å². The number of sulfonamides is 1. The van der Waals surface area contributed by atoms with Gasteiger partial charge in [-0.05, 0) is 50.3 Å². The molecular weight excluding hydrogens is 352 g/mol. The van der Waals surface area contributed by atoms with Crippen molar-refractivity contribution in [2.45, 2.75) is 56.4 Å². The van der Waals surface area contributed by atoms with Crippen LogP contribution in [0.15, 0.2) is 23.1 Å². The quantitative estimate of drug-likeness (QED) is 0.851. The van der Waals surface area contributed by atoms with Gasteiger partial charge in [0.15, 0.2) is 0 Å². The first kappa shape index (κ1) is 19.2. The number of benzene rings is 1. The van der Waals surface area contributed by atoms with Crippen LogP contribution in [-0.2, 0) is 14.8 Å². The Morgan fingerprint density at radius 3 is 2.62 bits per heavy atom. The lowest BCUT2D eigenvalue weighted by Gasteiger charge is -2.32. The van der Waals surface area contributed by atoms with Gasteiger partial charge in [-0.3, -0.25) is 4.79 Å². The lowest BCUT2D eigenvalue weighted by atomic mass is 9.98. The second kappa shape index (κ2) is 7.96. The van der Waals surface area contributed by atoms with Crippen molar-refractivity contribution in [2.75, 3.05) is 20.2 Å². The average molecular weight is 381 g/mol. The number of ether oxygens (including phenoxy) is 1. The largest absolute Gasteiger partial charge is 0.495 e. The predicted molar refractivity (Wildman–Crippen MR) is 99.6 cm³/mol. The molecule has 6 nitrogen and oxygen atoms in total. The zero-order valence-electron chi connectivity index (χ0n) is 15.5. The summed E-state index contributed by atoms with van der Waals surface area (Å²) in [6.07, 6.45) is 5.79. The molecule has 2 fully saturated rings. The van der Waals surface area contributed by atoms with E-state index in [1.54, 1.807) is 12.1 Å². The number of carbonyl (C=O) groups excluding carboxylic acids is 1. The van der Waals surface area contributed by atoms with Crippen LogP contribution >= 0.6 is 0 Å². The molecule has 2 aliphatic rings. The summed E-state index contributed by atoms with van der Waals surface area (Å²) >= 11 is 0. The first-order valence-electron chi connectivity index (χ1n) is 9.37. The van der Waals surface area contributed by atoms with Gasteiger partial charge < -0.3 is 10.1 Å². The van der Waals surface area contributed by atoms with Gasteiger partial charge in [0.25, 0.3) is 0 Å². The lowest BCUT2D eigenvalue weighted by Crippen LogP contribution is -2.47.